The van der Waals surface area contributed by atoms with Crippen LogP contribution in [0.3, 0.4) is 0 Å². The second-order valence-electron chi connectivity index (χ2n) is 9.03. The van der Waals surface area contributed by atoms with Crippen molar-refractivity contribution in [1.82, 2.24) is 4.90 Å². The number of benzene rings is 3. The molecule has 4 rings (SSSR count). The molecule has 0 aliphatic carbocycles. The molecule has 0 radical (unpaired) electrons. The van der Waals surface area contributed by atoms with Crippen molar-refractivity contribution >= 4 is 15.7 Å². The topological polar surface area (TPSA) is 83.9 Å². The minimum Gasteiger partial charge on any atom is -0.502 e. The molecule has 1 N–H and O–H groups in total. The van der Waals surface area contributed by atoms with Crippen LogP contribution in [0.4, 0.5) is 0 Å². The monoisotopic (exact) mass is 491 g/mol. The molecule has 35 heavy (non-hydrogen) atoms. The molecule has 0 saturated carbocycles. The maximum atomic E-state index is 13.7. The van der Waals surface area contributed by atoms with Crippen LogP contribution in [-0.4, -0.2) is 31.4 Å². The summed E-state index contributed by atoms with van der Waals surface area (Å²) in [6, 6.07) is 20.1. The Labute approximate surface area is 206 Å². The number of carbonyl (C=O) groups is 1. The molecule has 1 amide bonds. The maximum absolute atomic E-state index is 13.7. The quantitative estimate of drug-likeness (QED) is 0.475. The number of rotatable bonds is 7. The summed E-state index contributed by atoms with van der Waals surface area (Å²) in [7, 11) is -2.58. The first-order valence-electron chi connectivity index (χ1n) is 11.4. The molecule has 1 aliphatic rings. The number of sulfone groups is 1. The van der Waals surface area contributed by atoms with Gasteiger partial charge in [-0.3, -0.25) is 4.79 Å². The van der Waals surface area contributed by atoms with E-state index in [-0.39, 0.29) is 16.3 Å². The highest BCUT2D eigenvalue weighted by molar-refractivity contribution is 7.95. The van der Waals surface area contributed by atoms with Gasteiger partial charge in [-0.2, -0.15) is 0 Å². The Bertz CT molecular complexity index is 1360. The van der Waals surface area contributed by atoms with Gasteiger partial charge in [0, 0.05) is 6.54 Å². The van der Waals surface area contributed by atoms with Crippen molar-refractivity contribution in [3.05, 3.63) is 106 Å². The van der Waals surface area contributed by atoms with Crippen molar-refractivity contribution in [2.24, 2.45) is 0 Å². The third-order valence-electron chi connectivity index (χ3n) is 6.31. The second-order valence-corrected chi connectivity index (χ2v) is 11.0. The van der Waals surface area contributed by atoms with Gasteiger partial charge in [0.05, 0.1) is 18.0 Å². The Kier molecular flexibility index (Phi) is 6.72. The highest BCUT2D eigenvalue weighted by atomic mass is 32.2. The minimum atomic E-state index is -4.15. The lowest BCUT2D eigenvalue weighted by atomic mass is 9.98. The lowest BCUT2D eigenvalue weighted by molar-refractivity contribution is -0.130. The van der Waals surface area contributed by atoms with Crippen LogP contribution in [0.2, 0.25) is 0 Å². The van der Waals surface area contributed by atoms with Gasteiger partial charge < -0.3 is 14.7 Å². The number of amides is 1. The fourth-order valence-corrected chi connectivity index (χ4v) is 5.88. The summed E-state index contributed by atoms with van der Waals surface area (Å²) in [6.07, 6.45) is 0. The van der Waals surface area contributed by atoms with Crippen molar-refractivity contribution in [1.29, 1.82) is 0 Å². The zero-order valence-corrected chi connectivity index (χ0v) is 21.0. The molecular formula is C28H29NO5S. The number of ether oxygens (including phenoxy) is 1. The molecule has 1 atom stereocenters. The van der Waals surface area contributed by atoms with E-state index >= 15 is 0 Å². The van der Waals surface area contributed by atoms with Gasteiger partial charge in [-0.25, -0.2) is 8.42 Å². The first-order valence-corrected chi connectivity index (χ1v) is 12.9. The van der Waals surface area contributed by atoms with Gasteiger partial charge in [0.1, 0.15) is 10.7 Å². The summed E-state index contributed by atoms with van der Waals surface area (Å²) in [5.74, 6) is -0.489. The van der Waals surface area contributed by atoms with Crippen molar-refractivity contribution in [3.8, 4) is 5.75 Å². The van der Waals surface area contributed by atoms with Gasteiger partial charge in [-0.15, -0.1) is 0 Å². The Morgan fingerprint density at radius 1 is 0.943 bits per heavy atom. The van der Waals surface area contributed by atoms with E-state index in [0.29, 0.717) is 17.2 Å². The molecule has 6 nitrogen and oxygen atoms in total. The smallest absolute Gasteiger partial charge is 0.290 e. The average molecular weight is 492 g/mol. The number of aliphatic hydroxyl groups is 1. The van der Waals surface area contributed by atoms with Crippen molar-refractivity contribution < 1.29 is 23.1 Å². The molecule has 7 heteroatoms. The van der Waals surface area contributed by atoms with E-state index in [1.807, 2.05) is 43.3 Å². The molecular weight excluding hydrogens is 462 g/mol. The highest BCUT2D eigenvalue weighted by Crippen LogP contribution is 2.43. The fourth-order valence-electron chi connectivity index (χ4n) is 4.23. The summed E-state index contributed by atoms with van der Waals surface area (Å²) in [5, 5.41) is 10.9. The number of aryl methyl sites for hydroxylation is 1. The third kappa shape index (κ3) is 4.68. The first-order chi connectivity index (χ1) is 16.6. The van der Waals surface area contributed by atoms with Crippen LogP contribution in [0.1, 0.15) is 48.1 Å². The average Bonchev–Trinajstić information content (AvgIpc) is 3.10. The van der Waals surface area contributed by atoms with Gasteiger partial charge in [-0.1, -0.05) is 67.9 Å². The third-order valence-corrected chi connectivity index (χ3v) is 8.20. The Morgan fingerprint density at radius 2 is 1.54 bits per heavy atom. The van der Waals surface area contributed by atoms with Crippen LogP contribution < -0.4 is 4.74 Å². The summed E-state index contributed by atoms with van der Waals surface area (Å²) in [6.45, 7) is 6.13. The predicted molar refractivity (Wildman–Crippen MR) is 135 cm³/mol. The van der Waals surface area contributed by atoms with Gasteiger partial charge in [0.2, 0.25) is 9.84 Å². The zero-order valence-electron chi connectivity index (χ0n) is 20.2. The molecule has 3 aromatic carbocycles. The number of carbonyl (C=O) groups excluding carboxylic acids is 1. The number of hydrogen-bond acceptors (Lipinski definition) is 5. The lowest BCUT2D eigenvalue weighted by Gasteiger charge is -2.27. The van der Waals surface area contributed by atoms with Crippen molar-refractivity contribution in [2.75, 3.05) is 7.11 Å². The Balaban J connectivity index is 1.82. The van der Waals surface area contributed by atoms with E-state index in [4.69, 9.17) is 4.74 Å². The SMILES string of the molecule is COc1ccc(CN2C(=O)C(O)=C(S(=O)(=O)c3ccc(C)cc3)[C@H]2c2ccc(C(C)C)cc2)cc1. The van der Waals surface area contributed by atoms with Crippen LogP contribution in [0.5, 0.6) is 5.75 Å². The fraction of sp³-hybridized carbons (Fsp3) is 0.250. The predicted octanol–water partition coefficient (Wildman–Crippen LogP) is 5.45. The Hall–Kier alpha value is -3.58. The van der Waals surface area contributed by atoms with Crippen LogP contribution in [0.15, 0.2) is 88.4 Å². The van der Waals surface area contributed by atoms with Gasteiger partial charge in [-0.05, 0) is 53.8 Å². The summed E-state index contributed by atoms with van der Waals surface area (Å²) in [5.41, 5.74) is 3.40. The normalized spacial score (nSPS) is 16.3. The highest BCUT2D eigenvalue weighted by Gasteiger charge is 2.46. The van der Waals surface area contributed by atoms with Gasteiger partial charge in [0.25, 0.3) is 5.91 Å². The molecule has 0 spiro atoms. The molecule has 1 aliphatic heterocycles. The van der Waals surface area contributed by atoms with Crippen molar-refractivity contribution in [2.45, 2.75) is 44.2 Å². The summed E-state index contributed by atoms with van der Waals surface area (Å²) in [4.78, 5) is 14.4. The number of nitrogens with zero attached hydrogens (tertiary/aromatic N) is 1. The maximum Gasteiger partial charge on any atom is 0.290 e. The molecule has 1 heterocycles. The standard InChI is InChI=1S/C28H29NO5S/c1-18(2)21-9-11-22(12-10-21)25-27(35(32,33)24-15-5-19(3)6-16-24)26(30)28(31)29(25)17-20-7-13-23(34-4)14-8-20/h5-16,18,25,30H,17H2,1-4H3/t25-/m1/s1. The van der Waals surface area contributed by atoms with Crippen LogP contribution in [-0.2, 0) is 21.2 Å². The molecule has 3 aromatic rings. The lowest BCUT2D eigenvalue weighted by Crippen LogP contribution is -2.30. The van der Waals surface area contributed by atoms with E-state index in [2.05, 4.69) is 13.8 Å². The molecule has 0 bridgehead atoms. The van der Waals surface area contributed by atoms with E-state index in [0.717, 1.165) is 16.7 Å². The number of methoxy groups -OCH3 is 1. The zero-order chi connectivity index (χ0) is 25.3. The van der Waals surface area contributed by atoms with Crippen LogP contribution >= 0.6 is 0 Å². The van der Waals surface area contributed by atoms with E-state index in [9.17, 15) is 18.3 Å². The van der Waals surface area contributed by atoms with E-state index < -0.39 is 27.5 Å². The molecule has 0 aromatic heterocycles. The van der Waals surface area contributed by atoms with E-state index in [1.165, 1.54) is 17.0 Å². The van der Waals surface area contributed by atoms with Gasteiger partial charge in [0.15, 0.2) is 5.76 Å². The Morgan fingerprint density at radius 3 is 2.09 bits per heavy atom. The van der Waals surface area contributed by atoms with Crippen molar-refractivity contribution in [3.63, 3.8) is 0 Å². The first kappa shape index (κ1) is 24.5. The van der Waals surface area contributed by atoms with Gasteiger partial charge >= 0.3 is 0 Å². The number of aliphatic hydroxyl groups excluding tert-OH is 1. The minimum absolute atomic E-state index is 0.0348. The molecule has 0 unspecified atom stereocenters. The summed E-state index contributed by atoms with van der Waals surface area (Å²) >= 11 is 0. The van der Waals surface area contributed by atoms with E-state index in [1.54, 1.807) is 31.4 Å². The largest absolute Gasteiger partial charge is 0.502 e. The number of hydrogen-bond donors (Lipinski definition) is 1. The molecule has 0 fully saturated rings. The summed E-state index contributed by atoms with van der Waals surface area (Å²) < 4.78 is 32.7. The molecule has 182 valence electrons. The second kappa shape index (κ2) is 9.58. The molecule has 0 saturated heterocycles. The van der Waals surface area contributed by atoms with Crippen LogP contribution in [0.25, 0.3) is 0 Å². The van der Waals surface area contributed by atoms with Crippen LogP contribution in [0, 0.1) is 6.92 Å².